The molecule has 5 heteroatoms. The van der Waals surface area contributed by atoms with Crippen LogP contribution in [-0.4, -0.2) is 9.55 Å². The Morgan fingerprint density at radius 2 is 2.00 bits per heavy atom. The standard InChI is InChI=1S/C21H26N4S/c1-2-3-13-25-19(22)18-17(14-9-5-4-6-10-14)15-11-7-8-12-16(15)23-20(18)24-21(25)26/h4-6,9-10,17H,2-3,7-8,11-13,22H2,1H3,(H,23,24,26). The van der Waals surface area contributed by atoms with Gasteiger partial charge in [-0.05, 0) is 55.5 Å². The Kier molecular flexibility index (Phi) is 4.81. The highest BCUT2D eigenvalue weighted by Crippen LogP contribution is 2.47. The molecule has 2 aromatic rings. The van der Waals surface area contributed by atoms with Gasteiger partial charge in [0.05, 0.1) is 0 Å². The predicted octanol–water partition coefficient (Wildman–Crippen LogP) is 5.38. The van der Waals surface area contributed by atoms with Crippen LogP contribution >= 0.6 is 12.2 Å². The van der Waals surface area contributed by atoms with E-state index in [1.807, 2.05) is 4.57 Å². The van der Waals surface area contributed by atoms with E-state index in [4.69, 9.17) is 22.9 Å². The summed E-state index contributed by atoms with van der Waals surface area (Å²) in [5.41, 5.74) is 11.9. The van der Waals surface area contributed by atoms with Gasteiger partial charge in [-0.1, -0.05) is 43.7 Å². The molecule has 1 aromatic heterocycles. The third kappa shape index (κ3) is 2.94. The van der Waals surface area contributed by atoms with Gasteiger partial charge in [-0.15, -0.1) is 0 Å². The number of nitrogens with zero attached hydrogens (tertiary/aromatic N) is 2. The lowest BCUT2D eigenvalue weighted by molar-refractivity contribution is 0.602. The lowest BCUT2D eigenvalue weighted by Gasteiger charge is -2.35. The predicted molar refractivity (Wildman–Crippen MR) is 110 cm³/mol. The van der Waals surface area contributed by atoms with E-state index in [9.17, 15) is 0 Å². The van der Waals surface area contributed by atoms with Gasteiger partial charge in [0.2, 0.25) is 4.77 Å². The Morgan fingerprint density at radius 3 is 2.77 bits per heavy atom. The van der Waals surface area contributed by atoms with Gasteiger partial charge in [-0.2, -0.15) is 0 Å². The van der Waals surface area contributed by atoms with Crippen LogP contribution in [0.3, 0.4) is 0 Å². The van der Waals surface area contributed by atoms with E-state index in [1.165, 1.54) is 29.7 Å². The summed E-state index contributed by atoms with van der Waals surface area (Å²) in [6, 6.07) is 10.7. The lowest BCUT2D eigenvalue weighted by Crippen LogP contribution is -2.26. The number of hydrogen-bond donors (Lipinski definition) is 2. The number of aromatic nitrogens is 2. The molecule has 2 aliphatic rings. The molecule has 26 heavy (non-hydrogen) atoms. The van der Waals surface area contributed by atoms with Crippen LogP contribution in [-0.2, 0) is 6.54 Å². The fraction of sp³-hybridized carbons (Fsp3) is 0.429. The Bertz CT molecular complexity index is 898. The largest absolute Gasteiger partial charge is 0.385 e. The van der Waals surface area contributed by atoms with E-state index in [1.54, 1.807) is 0 Å². The fourth-order valence-electron chi connectivity index (χ4n) is 4.22. The summed E-state index contributed by atoms with van der Waals surface area (Å²) in [5, 5.41) is 3.57. The Morgan fingerprint density at radius 1 is 1.23 bits per heavy atom. The van der Waals surface area contributed by atoms with E-state index in [2.05, 4.69) is 42.6 Å². The number of fused-ring (bicyclic) bond motifs is 1. The zero-order valence-corrected chi connectivity index (χ0v) is 16.1. The third-order valence-corrected chi connectivity index (χ3v) is 5.86. The molecule has 1 aromatic carbocycles. The highest BCUT2D eigenvalue weighted by Gasteiger charge is 2.34. The number of nitrogens with one attached hydrogen (secondary N) is 1. The van der Waals surface area contributed by atoms with Crippen LogP contribution in [0.1, 0.15) is 62.5 Å². The van der Waals surface area contributed by atoms with Gasteiger partial charge < -0.3 is 15.6 Å². The first-order chi connectivity index (χ1) is 12.7. The fourth-order valence-corrected chi connectivity index (χ4v) is 4.50. The zero-order chi connectivity index (χ0) is 18.1. The maximum atomic E-state index is 6.69. The molecule has 1 atom stereocenters. The number of hydrogen-bond acceptors (Lipinski definition) is 4. The van der Waals surface area contributed by atoms with Crippen molar-refractivity contribution in [3.63, 3.8) is 0 Å². The molecule has 0 radical (unpaired) electrons. The van der Waals surface area contributed by atoms with Gasteiger partial charge in [-0.3, -0.25) is 0 Å². The number of nitrogens with two attached hydrogens (primary N) is 1. The van der Waals surface area contributed by atoms with Crippen molar-refractivity contribution in [3.8, 4) is 0 Å². The summed E-state index contributed by atoms with van der Waals surface area (Å²) >= 11 is 5.56. The summed E-state index contributed by atoms with van der Waals surface area (Å²) in [6.07, 6.45) is 6.82. The van der Waals surface area contributed by atoms with Crippen molar-refractivity contribution in [2.45, 2.75) is 57.9 Å². The minimum atomic E-state index is 0.179. The monoisotopic (exact) mass is 366 g/mol. The molecule has 3 N–H and O–H groups in total. The van der Waals surface area contributed by atoms with Crippen LogP contribution in [0.4, 0.5) is 11.6 Å². The molecule has 1 aliphatic heterocycles. The van der Waals surface area contributed by atoms with Crippen molar-refractivity contribution in [2.75, 3.05) is 11.1 Å². The maximum absolute atomic E-state index is 6.69. The molecule has 136 valence electrons. The first-order valence-electron chi connectivity index (χ1n) is 9.64. The normalized spacial score (nSPS) is 18.9. The average molecular weight is 367 g/mol. The highest BCUT2D eigenvalue weighted by molar-refractivity contribution is 7.71. The number of rotatable bonds is 4. The molecule has 0 bridgehead atoms. The molecular formula is C21H26N4S. The second-order valence-electron chi connectivity index (χ2n) is 7.23. The number of benzene rings is 1. The summed E-state index contributed by atoms with van der Waals surface area (Å²) in [4.78, 5) is 4.75. The minimum Gasteiger partial charge on any atom is -0.385 e. The zero-order valence-electron chi connectivity index (χ0n) is 15.3. The van der Waals surface area contributed by atoms with Gasteiger partial charge in [0, 0.05) is 23.7 Å². The third-order valence-electron chi connectivity index (χ3n) is 5.55. The van der Waals surface area contributed by atoms with E-state index < -0.39 is 0 Å². The highest BCUT2D eigenvalue weighted by atomic mass is 32.1. The molecule has 1 aliphatic carbocycles. The quantitative estimate of drug-likeness (QED) is 0.713. The molecule has 2 heterocycles. The lowest BCUT2D eigenvalue weighted by atomic mass is 9.77. The minimum absolute atomic E-state index is 0.179. The van der Waals surface area contributed by atoms with Crippen molar-refractivity contribution in [3.05, 3.63) is 57.5 Å². The summed E-state index contributed by atoms with van der Waals surface area (Å²) in [5.74, 6) is 1.81. The number of allylic oxidation sites excluding steroid dienone is 2. The maximum Gasteiger partial charge on any atom is 0.203 e. The molecule has 1 unspecified atom stereocenters. The van der Waals surface area contributed by atoms with Crippen LogP contribution in [0.2, 0.25) is 0 Å². The van der Waals surface area contributed by atoms with E-state index in [-0.39, 0.29) is 5.92 Å². The van der Waals surface area contributed by atoms with E-state index >= 15 is 0 Å². The van der Waals surface area contributed by atoms with Gasteiger partial charge in [0.1, 0.15) is 11.6 Å². The van der Waals surface area contributed by atoms with Crippen molar-refractivity contribution in [2.24, 2.45) is 0 Å². The van der Waals surface area contributed by atoms with Crippen molar-refractivity contribution in [1.82, 2.24) is 9.55 Å². The van der Waals surface area contributed by atoms with Crippen molar-refractivity contribution in [1.29, 1.82) is 0 Å². The van der Waals surface area contributed by atoms with Crippen LogP contribution in [0.15, 0.2) is 41.6 Å². The molecule has 0 saturated heterocycles. The Hall–Kier alpha value is -2.14. The van der Waals surface area contributed by atoms with E-state index in [0.717, 1.165) is 49.4 Å². The second kappa shape index (κ2) is 7.23. The number of nitrogen functional groups attached to an aromatic ring is 1. The summed E-state index contributed by atoms with van der Waals surface area (Å²) in [6.45, 7) is 3.01. The Labute approximate surface area is 160 Å². The first kappa shape index (κ1) is 17.3. The SMILES string of the molecule is CCCCn1c(N)c2c(nc1=S)NC1=C(CCCC1)C2c1ccccc1. The summed E-state index contributed by atoms with van der Waals surface area (Å²) in [7, 11) is 0. The van der Waals surface area contributed by atoms with Crippen molar-refractivity contribution < 1.29 is 0 Å². The molecule has 4 nitrogen and oxygen atoms in total. The van der Waals surface area contributed by atoms with Gasteiger partial charge in [-0.25, -0.2) is 4.98 Å². The second-order valence-corrected chi connectivity index (χ2v) is 7.59. The number of unbranched alkanes of at least 4 members (excludes halogenated alkanes) is 1. The number of anilines is 2. The van der Waals surface area contributed by atoms with Crippen LogP contribution < -0.4 is 11.1 Å². The summed E-state index contributed by atoms with van der Waals surface area (Å²) < 4.78 is 2.60. The smallest absolute Gasteiger partial charge is 0.203 e. The van der Waals surface area contributed by atoms with Crippen LogP contribution in [0.5, 0.6) is 0 Å². The molecule has 4 rings (SSSR count). The van der Waals surface area contributed by atoms with Gasteiger partial charge >= 0.3 is 0 Å². The van der Waals surface area contributed by atoms with Crippen LogP contribution in [0.25, 0.3) is 0 Å². The molecule has 0 amide bonds. The average Bonchev–Trinajstić information content (AvgIpc) is 2.67. The van der Waals surface area contributed by atoms with Gasteiger partial charge in [0.15, 0.2) is 0 Å². The Balaban J connectivity index is 1.92. The molecule has 0 spiro atoms. The van der Waals surface area contributed by atoms with Crippen LogP contribution in [0, 0.1) is 4.77 Å². The van der Waals surface area contributed by atoms with Gasteiger partial charge in [0.25, 0.3) is 0 Å². The molecule has 0 fully saturated rings. The van der Waals surface area contributed by atoms with E-state index in [0.29, 0.717) is 4.77 Å². The molecule has 0 saturated carbocycles. The molecular weight excluding hydrogens is 340 g/mol. The topological polar surface area (TPSA) is 55.9 Å². The first-order valence-corrected chi connectivity index (χ1v) is 10.1. The van der Waals surface area contributed by atoms with Crippen molar-refractivity contribution >= 4 is 23.9 Å².